The summed E-state index contributed by atoms with van der Waals surface area (Å²) in [5.41, 5.74) is 1.64. The monoisotopic (exact) mass is 545 g/mol. The Bertz CT molecular complexity index is 883. The highest BCUT2D eigenvalue weighted by atomic mass is 31.2. The van der Waals surface area contributed by atoms with Gasteiger partial charge in [-0.15, -0.1) is 4.67 Å². The fraction of sp³-hybridized carbons (Fsp3) is 0.500. The molecule has 7 nitrogen and oxygen atoms in total. The molecule has 2 aromatic carbocycles. The maximum atomic E-state index is 13.1. The first-order valence-electron chi connectivity index (χ1n) is 12.4. The van der Waals surface area contributed by atoms with Crippen molar-refractivity contribution in [2.45, 2.75) is 70.8 Å². The van der Waals surface area contributed by atoms with Gasteiger partial charge in [-0.25, -0.2) is 9.45 Å². The van der Waals surface area contributed by atoms with Crippen LogP contribution in [0.5, 0.6) is 0 Å². The molecule has 2 aromatic rings. The van der Waals surface area contributed by atoms with Gasteiger partial charge in [0.15, 0.2) is 0 Å². The van der Waals surface area contributed by atoms with E-state index < -0.39 is 19.9 Å². The van der Waals surface area contributed by atoms with Gasteiger partial charge >= 0.3 is 19.9 Å². The molecule has 1 N–H and O–H groups in total. The summed E-state index contributed by atoms with van der Waals surface area (Å²) in [4.78, 5) is 15.9. The molecule has 0 atom stereocenters. The molecule has 0 heterocycles. The summed E-state index contributed by atoms with van der Waals surface area (Å²) in [6, 6.07) is 18.5. The second-order valence-electron chi connectivity index (χ2n) is 8.44. The SMILES string of the molecule is O=C(NCCCCCCCCCCOOP(=O)(OCc1ccccc1)OCc1ccccc1)C(F)(F)F. The van der Waals surface area contributed by atoms with E-state index in [0.29, 0.717) is 12.8 Å². The number of phosphoric acid groups is 1. The Morgan fingerprint density at radius 3 is 1.68 bits per heavy atom. The van der Waals surface area contributed by atoms with Gasteiger partial charge in [0, 0.05) is 6.54 Å². The van der Waals surface area contributed by atoms with E-state index in [-0.39, 0.29) is 26.4 Å². The minimum Gasteiger partial charge on any atom is -0.348 e. The van der Waals surface area contributed by atoms with Crippen molar-refractivity contribution >= 4 is 13.7 Å². The van der Waals surface area contributed by atoms with Crippen LogP contribution in [0.25, 0.3) is 0 Å². The predicted molar refractivity (Wildman–Crippen MR) is 133 cm³/mol. The average Bonchev–Trinajstić information content (AvgIpc) is 2.89. The minimum absolute atomic E-state index is 0.0314. The molecule has 0 radical (unpaired) electrons. The van der Waals surface area contributed by atoms with Crippen molar-refractivity contribution in [1.82, 2.24) is 5.32 Å². The van der Waals surface area contributed by atoms with Crippen molar-refractivity contribution in [1.29, 1.82) is 0 Å². The lowest BCUT2D eigenvalue weighted by molar-refractivity contribution is -0.228. The number of nitrogens with one attached hydrogen (secondary N) is 1. The third-order valence-corrected chi connectivity index (χ3v) is 6.48. The number of amides is 1. The Balaban J connectivity index is 1.56. The first-order valence-corrected chi connectivity index (χ1v) is 13.9. The Hall–Kier alpha value is -2.23. The highest BCUT2D eigenvalue weighted by Gasteiger charge is 2.38. The van der Waals surface area contributed by atoms with Gasteiger partial charge < -0.3 is 5.32 Å². The van der Waals surface area contributed by atoms with E-state index in [9.17, 15) is 22.5 Å². The maximum absolute atomic E-state index is 13.1. The van der Waals surface area contributed by atoms with E-state index in [1.807, 2.05) is 66.0 Å². The molecule has 0 saturated heterocycles. The standard InChI is InChI=1S/C26H35F3NO6P/c27-26(28,29)25(31)30-19-13-5-3-1-2-4-6-14-20-33-36-37(32,34-21-23-15-9-7-10-16-23)35-22-24-17-11-8-12-18-24/h7-12,15-18H,1-6,13-14,19-22H2,(H,30,31). The van der Waals surface area contributed by atoms with Crippen LogP contribution in [-0.4, -0.2) is 25.2 Å². The number of alkyl halides is 3. The van der Waals surface area contributed by atoms with Gasteiger partial charge in [0.05, 0.1) is 19.8 Å². The van der Waals surface area contributed by atoms with Crippen molar-refractivity contribution in [3.05, 3.63) is 71.8 Å². The van der Waals surface area contributed by atoms with Gasteiger partial charge in [-0.2, -0.15) is 13.2 Å². The number of rotatable bonds is 19. The lowest BCUT2D eigenvalue weighted by Crippen LogP contribution is -2.37. The van der Waals surface area contributed by atoms with E-state index in [2.05, 4.69) is 0 Å². The van der Waals surface area contributed by atoms with E-state index >= 15 is 0 Å². The van der Waals surface area contributed by atoms with Gasteiger partial charge in [-0.3, -0.25) is 13.8 Å². The highest BCUT2D eigenvalue weighted by molar-refractivity contribution is 7.48. The van der Waals surface area contributed by atoms with Crippen LogP contribution in [-0.2, 0) is 41.2 Å². The lowest BCUT2D eigenvalue weighted by atomic mass is 10.1. The fourth-order valence-corrected chi connectivity index (χ4v) is 4.27. The van der Waals surface area contributed by atoms with Gasteiger partial charge in [0.25, 0.3) is 0 Å². The van der Waals surface area contributed by atoms with Crippen molar-refractivity contribution in [2.75, 3.05) is 13.2 Å². The summed E-state index contributed by atoms with van der Waals surface area (Å²) >= 11 is 0. The maximum Gasteiger partial charge on any atom is 0.502 e. The van der Waals surface area contributed by atoms with E-state index in [4.69, 9.17) is 18.6 Å². The van der Waals surface area contributed by atoms with E-state index in [1.165, 1.54) is 0 Å². The van der Waals surface area contributed by atoms with Crippen LogP contribution >= 0.6 is 7.82 Å². The van der Waals surface area contributed by atoms with Crippen molar-refractivity contribution < 1.29 is 41.1 Å². The molecule has 0 aliphatic carbocycles. The van der Waals surface area contributed by atoms with Crippen molar-refractivity contribution in [3.8, 4) is 0 Å². The van der Waals surface area contributed by atoms with Gasteiger partial charge in [-0.05, 0) is 24.0 Å². The number of phosphoric ester groups is 1. The largest absolute Gasteiger partial charge is 0.502 e. The summed E-state index contributed by atoms with van der Waals surface area (Å²) in [5.74, 6) is -1.89. The number of carbonyl (C=O) groups excluding carboxylic acids is 1. The van der Waals surface area contributed by atoms with Crippen LogP contribution in [0, 0.1) is 0 Å². The van der Waals surface area contributed by atoms with Crippen LogP contribution < -0.4 is 5.32 Å². The third-order valence-electron chi connectivity index (χ3n) is 5.31. The molecule has 37 heavy (non-hydrogen) atoms. The normalized spacial score (nSPS) is 12.0. The molecule has 0 aliphatic heterocycles. The first kappa shape index (κ1) is 31.0. The second-order valence-corrected chi connectivity index (χ2v) is 10.0. The molecule has 1 amide bonds. The molecule has 0 unspecified atom stereocenters. The zero-order chi connectivity index (χ0) is 26.8. The van der Waals surface area contributed by atoms with Crippen LogP contribution in [0.3, 0.4) is 0 Å². The van der Waals surface area contributed by atoms with Gasteiger partial charge in [0.2, 0.25) is 0 Å². The summed E-state index contributed by atoms with van der Waals surface area (Å²) < 4.78 is 65.3. The highest BCUT2D eigenvalue weighted by Crippen LogP contribution is 2.51. The summed E-state index contributed by atoms with van der Waals surface area (Å²) in [6.07, 6.45) is 1.82. The van der Waals surface area contributed by atoms with Crippen LogP contribution in [0.15, 0.2) is 60.7 Å². The van der Waals surface area contributed by atoms with Crippen molar-refractivity contribution in [3.63, 3.8) is 0 Å². The average molecular weight is 546 g/mol. The molecule has 0 aliphatic rings. The smallest absolute Gasteiger partial charge is 0.348 e. The fourth-order valence-electron chi connectivity index (χ4n) is 3.29. The number of benzene rings is 2. The number of unbranched alkanes of at least 4 members (excludes halogenated alkanes) is 7. The summed E-state index contributed by atoms with van der Waals surface area (Å²) in [6.45, 7) is 0.353. The number of halogens is 3. The topological polar surface area (TPSA) is 83.1 Å². The predicted octanol–water partition coefficient (Wildman–Crippen LogP) is 7.28. The number of hydrogen-bond acceptors (Lipinski definition) is 6. The zero-order valence-corrected chi connectivity index (χ0v) is 21.7. The molecule has 0 aromatic heterocycles. The molecular weight excluding hydrogens is 510 g/mol. The first-order chi connectivity index (χ1) is 17.8. The second kappa shape index (κ2) is 17.3. The molecule has 0 fully saturated rings. The van der Waals surface area contributed by atoms with Crippen molar-refractivity contribution in [2.24, 2.45) is 0 Å². The molecule has 11 heteroatoms. The van der Waals surface area contributed by atoms with Gasteiger partial charge in [0.1, 0.15) is 0 Å². The van der Waals surface area contributed by atoms with E-state index in [1.54, 1.807) is 0 Å². The summed E-state index contributed by atoms with van der Waals surface area (Å²) in [7, 11) is -3.96. The molecular formula is C26H35F3NO6P. The van der Waals surface area contributed by atoms with Crippen LogP contribution in [0.4, 0.5) is 13.2 Å². The zero-order valence-electron chi connectivity index (χ0n) is 20.8. The lowest BCUT2D eigenvalue weighted by Gasteiger charge is -2.17. The minimum atomic E-state index is -4.82. The molecule has 0 spiro atoms. The van der Waals surface area contributed by atoms with Gasteiger partial charge in [-0.1, -0.05) is 99.2 Å². The Morgan fingerprint density at radius 2 is 1.19 bits per heavy atom. The Kier molecular flexibility index (Phi) is 14.5. The number of hydrogen-bond donors (Lipinski definition) is 1. The Morgan fingerprint density at radius 1 is 0.730 bits per heavy atom. The molecule has 0 saturated carbocycles. The third kappa shape index (κ3) is 14.3. The molecule has 0 bridgehead atoms. The quantitative estimate of drug-likeness (QED) is 0.0865. The summed E-state index contributed by atoms with van der Waals surface area (Å²) in [5, 5.41) is 1.87. The van der Waals surface area contributed by atoms with Crippen LogP contribution in [0.1, 0.15) is 62.5 Å². The Labute approximate surface area is 216 Å². The van der Waals surface area contributed by atoms with E-state index in [0.717, 1.165) is 49.7 Å². The molecule has 2 rings (SSSR count). The number of carbonyl (C=O) groups is 1. The molecule has 206 valence electrons. The van der Waals surface area contributed by atoms with Crippen LogP contribution in [0.2, 0.25) is 0 Å².